The summed E-state index contributed by atoms with van der Waals surface area (Å²) in [5.74, 6) is -1.64. The molecule has 2 bridgehead atoms. The van der Waals surface area contributed by atoms with Crippen molar-refractivity contribution in [2.24, 2.45) is 5.92 Å². The first-order chi connectivity index (χ1) is 14.9. The number of benzene rings is 1. The van der Waals surface area contributed by atoms with Crippen molar-refractivity contribution in [3.63, 3.8) is 0 Å². The first-order valence-corrected chi connectivity index (χ1v) is 10.4. The second-order valence-electron chi connectivity index (χ2n) is 8.52. The highest BCUT2D eigenvalue weighted by Crippen LogP contribution is 2.40. The number of aromatic nitrogens is 2. The van der Waals surface area contributed by atoms with Crippen LogP contribution in [0.3, 0.4) is 0 Å². The summed E-state index contributed by atoms with van der Waals surface area (Å²) in [5, 5.41) is 20.2. The lowest BCUT2D eigenvalue weighted by molar-refractivity contribution is -0.144. The number of hydrogen-bond acceptors (Lipinski definition) is 4. The molecule has 160 valence electrons. The highest BCUT2D eigenvalue weighted by Gasteiger charge is 2.40. The Morgan fingerprint density at radius 3 is 2.61 bits per heavy atom. The number of likely N-dealkylation sites (tertiary alicyclic amines) is 1. The molecule has 0 saturated carbocycles. The summed E-state index contributed by atoms with van der Waals surface area (Å²) in [4.78, 5) is 38.1. The van der Waals surface area contributed by atoms with Gasteiger partial charge in [0, 0.05) is 60.0 Å². The van der Waals surface area contributed by atoms with E-state index < -0.39 is 18.0 Å². The van der Waals surface area contributed by atoms with Crippen molar-refractivity contribution in [2.45, 2.75) is 31.5 Å². The van der Waals surface area contributed by atoms with Gasteiger partial charge in [-0.1, -0.05) is 24.3 Å². The Morgan fingerprint density at radius 1 is 1.03 bits per heavy atom. The van der Waals surface area contributed by atoms with Gasteiger partial charge in [0.05, 0.1) is 0 Å². The van der Waals surface area contributed by atoms with E-state index in [0.717, 1.165) is 17.5 Å². The van der Waals surface area contributed by atoms with Crippen LogP contribution in [0.1, 0.15) is 29.6 Å². The number of carboxylic acids is 2. The number of hydrogen-bond donors (Lipinski definition) is 2. The lowest BCUT2D eigenvalue weighted by Gasteiger charge is -2.44. The molecule has 1 saturated heterocycles. The maximum absolute atomic E-state index is 12.5. The molecule has 0 radical (unpaired) electrons. The molecule has 8 heteroatoms. The third-order valence-electron chi connectivity index (χ3n) is 6.53. The molecule has 3 atom stereocenters. The van der Waals surface area contributed by atoms with Crippen LogP contribution in [0.5, 0.6) is 0 Å². The molecule has 8 nitrogen and oxygen atoms in total. The van der Waals surface area contributed by atoms with Gasteiger partial charge in [0.2, 0.25) is 0 Å². The van der Waals surface area contributed by atoms with Gasteiger partial charge >= 0.3 is 11.9 Å². The number of rotatable bonds is 5. The molecule has 4 heterocycles. The molecular formula is C23H23N3O5. The predicted octanol–water partition coefficient (Wildman–Crippen LogP) is 2.13. The van der Waals surface area contributed by atoms with Gasteiger partial charge < -0.3 is 19.3 Å². The Bertz CT molecular complexity index is 1240. The van der Waals surface area contributed by atoms with Crippen LogP contribution in [0.2, 0.25) is 0 Å². The van der Waals surface area contributed by atoms with Gasteiger partial charge in [-0.2, -0.15) is 0 Å². The number of piperidine rings is 1. The smallest absolute Gasteiger partial charge is 0.325 e. The number of nitrogens with zero attached hydrogens (tertiary/aromatic N) is 3. The molecule has 0 amide bonds. The molecule has 5 rings (SSSR count). The number of fused-ring (bicyclic) bond motifs is 5. The zero-order chi connectivity index (χ0) is 21.7. The minimum absolute atomic E-state index is 0.00724. The number of pyridine rings is 1. The monoisotopic (exact) mass is 421 g/mol. The van der Waals surface area contributed by atoms with Gasteiger partial charge in [0.15, 0.2) is 0 Å². The topological polar surface area (TPSA) is 105 Å². The average molecular weight is 421 g/mol. The van der Waals surface area contributed by atoms with E-state index in [0.29, 0.717) is 30.7 Å². The number of aliphatic carboxylic acids is 2. The van der Waals surface area contributed by atoms with Crippen molar-refractivity contribution in [2.75, 3.05) is 13.1 Å². The van der Waals surface area contributed by atoms with E-state index in [2.05, 4.69) is 0 Å². The zero-order valence-electron chi connectivity index (χ0n) is 16.8. The van der Waals surface area contributed by atoms with Crippen LogP contribution in [0.25, 0.3) is 10.9 Å². The molecule has 2 aliphatic rings. The molecule has 3 aromatic rings. The van der Waals surface area contributed by atoms with Crippen molar-refractivity contribution in [3.8, 4) is 0 Å². The van der Waals surface area contributed by atoms with Gasteiger partial charge in [-0.3, -0.25) is 19.3 Å². The van der Waals surface area contributed by atoms with Crippen molar-refractivity contribution in [3.05, 3.63) is 70.3 Å². The van der Waals surface area contributed by atoms with Crippen molar-refractivity contribution in [1.29, 1.82) is 0 Å². The van der Waals surface area contributed by atoms with Crippen LogP contribution < -0.4 is 5.56 Å². The lowest BCUT2D eigenvalue weighted by Crippen LogP contribution is -2.49. The predicted molar refractivity (Wildman–Crippen MR) is 113 cm³/mol. The van der Waals surface area contributed by atoms with Crippen LogP contribution in [-0.2, 0) is 22.7 Å². The normalized spacial score (nSPS) is 21.5. The molecule has 1 fully saturated rings. The van der Waals surface area contributed by atoms with Crippen LogP contribution >= 0.6 is 0 Å². The minimum Gasteiger partial charge on any atom is -0.480 e. The summed E-state index contributed by atoms with van der Waals surface area (Å²) < 4.78 is 3.42. The first kappa shape index (κ1) is 19.6. The van der Waals surface area contributed by atoms with Crippen LogP contribution in [0.4, 0.5) is 0 Å². The second-order valence-corrected chi connectivity index (χ2v) is 8.52. The molecule has 0 spiro atoms. The Hall–Kier alpha value is -3.39. The summed E-state index contributed by atoms with van der Waals surface area (Å²) in [6.45, 7) is 1.48. The van der Waals surface area contributed by atoms with E-state index in [9.17, 15) is 24.6 Å². The summed E-state index contributed by atoms with van der Waals surface area (Å²) in [6.07, 6.45) is 2.60. The quantitative estimate of drug-likeness (QED) is 0.654. The fraction of sp³-hybridized carbons (Fsp3) is 0.348. The van der Waals surface area contributed by atoms with E-state index in [4.69, 9.17) is 0 Å². The first-order valence-electron chi connectivity index (χ1n) is 10.4. The Kier molecular flexibility index (Phi) is 4.66. The number of para-hydroxylation sites is 1. The number of carboxylic acid groups (broad SMARTS) is 2. The highest BCUT2D eigenvalue weighted by molar-refractivity contribution is 5.90. The Morgan fingerprint density at radius 2 is 1.84 bits per heavy atom. The van der Waals surface area contributed by atoms with Crippen molar-refractivity contribution in [1.82, 2.24) is 14.0 Å². The number of carbonyl (C=O) groups is 2. The van der Waals surface area contributed by atoms with Gasteiger partial charge in [-0.05, 0) is 24.5 Å². The molecule has 1 aromatic carbocycles. The van der Waals surface area contributed by atoms with E-state index >= 15 is 0 Å². The zero-order valence-corrected chi connectivity index (χ0v) is 16.8. The molecule has 2 N–H and O–H groups in total. The van der Waals surface area contributed by atoms with Crippen molar-refractivity contribution < 1.29 is 19.8 Å². The van der Waals surface area contributed by atoms with Gasteiger partial charge in [-0.15, -0.1) is 0 Å². The minimum atomic E-state index is -0.978. The third kappa shape index (κ3) is 3.33. The summed E-state index contributed by atoms with van der Waals surface area (Å²) in [6, 6.07) is 11.7. The van der Waals surface area contributed by atoms with E-state index in [1.807, 2.05) is 39.8 Å². The maximum atomic E-state index is 12.5. The largest absolute Gasteiger partial charge is 0.480 e. The summed E-state index contributed by atoms with van der Waals surface area (Å²) >= 11 is 0. The van der Waals surface area contributed by atoms with Crippen LogP contribution in [0, 0.1) is 5.92 Å². The molecule has 0 aliphatic carbocycles. The SMILES string of the molecule is O=C(O)Cn1cc(C(C(=O)O)N2C[C@H]3C[C@H](C2)c2cccc(=O)n2C3)c2ccccc21. The van der Waals surface area contributed by atoms with Crippen LogP contribution in [-0.4, -0.2) is 49.3 Å². The van der Waals surface area contributed by atoms with Gasteiger partial charge in [-0.25, -0.2) is 0 Å². The summed E-state index contributed by atoms with van der Waals surface area (Å²) in [5.41, 5.74) is 2.27. The highest BCUT2D eigenvalue weighted by atomic mass is 16.4. The fourth-order valence-corrected chi connectivity index (χ4v) is 5.40. The van der Waals surface area contributed by atoms with E-state index in [-0.39, 0.29) is 23.9 Å². The van der Waals surface area contributed by atoms with Gasteiger partial charge in [0.1, 0.15) is 12.6 Å². The van der Waals surface area contributed by atoms with Crippen molar-refractivity contribution >= 4 is 22.8 Å². The van der Waals surface area contributed by atoms with E-state index in [1.165, 1.54) is 0 Å². The molecule has 1 unspecified atom stereocenters. The lowest BCUT2D eigenvalue weighted by atomic mass is 9.82. The second kappa shape index (κ2) is 7.39. The average Bonchev–Trinajstić information content (AvgIpc) is 3.06. The summed E-state index contributed by atoms with van der Waals surface area (Å²) in [7, 11) is 0. The fourth-order valence-electron chi connectivity index (χ4n) is 5.40. The molecule has 2 aromatic heterocycles. The van der Waals surface area contributed by atoms with Crippen LogP contribution in [0.15, 0.2) is 53.5 Å². The van der Waals surface area contributed by atoms with Gasteiger partial charge in [0.25, 0.3) is 5.56 Å². The molecular weight excluding hydrogens is 398 g/mol. The molecule has 31 heavy (non-hydrogen) atoms. The standard InChI is InChI=1S/C23H23N3O5/c27-20-7-3-6-18-15-8-14(10-26(18)20)9-25(11-15)22(23(30)31)17-12-24(13-21(28)29)19-5-2-1-4-16(17)19/h1-7,12,14-15,22H,8-11,13H2,(H,28,29)(H,30,31)/t14-,15-,22?/m1/s1. The van der Waals surface area contributed by atoms with E-state index in [1.54, 1.807) is 22.9 Å². The Balaban J connectivity index is 1.56. The molecule has 2 aliphatic heterocycles. The maximum Gasteiger partial charge on any atom is 0.325 e. The third-order valence-corrected chi connectivity index (χ3v) is 6.53. The Labute approximate surface area is 177 Å².